The average molecular weight is 556 g/mol. The minimum Gasteiger partial charge on any atom is -0.468 e. The Morgan fingerprint density at radius 1 is 0.780 bits per heavy atom. The maximum Gasteiger partial charge on any atom is 0.338 e. The molecule has 0 aliphatic heterocycles. The highest BCUT2D eigenvalue weighted by molar-refractivity contribution is 6.02. The first kappa shape index (κ1) is 28.8. The minimum absolute atomic E-state index is 0.0676. The number of hydrogen-bond donors (Lipinski definition) is 1. The van der Waals surface area contributed by atoms with Gasteiger partial charge in [-0.1, -0.05) is 78.9 Å². The molecule has 0 aliphatic rings. The van der Waals surface area contributed by atoms with E-state index >= 15 is 0 Å². The summed E-state index contributed by atoms with van der Waals surface area (Å²) in [7, 11) is 1.11. The number of hydrogen-bond acceptors (Lipinski definition) is 8. The number of rotatable bonds is 11. The van der Waals surface area contributed by atoms with Gasteiger partial charge in [0.15, 0.2) is 6.61 Å². The molecule has 3 aromatic carbocycles. The molecular weight excluding hydrogens is 526 g/mol. The molecule has 1 heterocycles. The first-order valence-corrected chi connectivity index (χ1v) is 12.9. The van der Waals surface area contributed by atoms with Gasteiger partial charge in [-0.3, -0.25) is 19.0 Å². The van der Waals surface area contributed by atoms with E-state index in [1.54, 1.807) is 42.5 Å². The van der Waals surface area contributed by atoms with E-state index in [9.17, 15) is 24.0 Å². The number of anilines is 1. The van der Waals surface area contributed by atoms with Gasteiger partial charge in [-0.25, -0.2) is 14.2 Å². The number of nitrogen functional groups attached to an aromatic ring is 1. The largest absolute Gasteiger partial charge is 0.468 e. The molecule has 0 bridgehead atoms. The molecule has 0 saturated heterocycles. The van der Waals surface area contributed by atoms with Gasteiger partial charge < -0.3 is 15.2 Å². The van der Waals surface area contributed by atoms with Crippen LogP contribution in [0, 0.1) is 0 Å². The number of ketones is 1. The van der Waals surface area contributed by atoms with Crippen LogP contribution in [0.4, 0.5) is 5.82 Å². The molecule has 41 heavy (non-hydrogen) atoms. The summed E-state index contributed by atoms with van der Waals surface area (Å²) in [6, 6.07) is 25.5. The monoisotopic (exact) mass is 555 g/mol. The normalized spacial score (nSPS) is 10.7. The van der Waals surface area contributed by atoms with Crippen molar-refractivity contribution in [2.24, 2.45) is 0 Å². The highest BCUT2D eigenvalue weighted by Crippen LogP contribution is 2.15. The molecule has 0 unspecified atom stereocenters. The zero-order valence-corrected chi connectivity index (χ0v) is 22.4. The predicted octanol–water partition coefficient (Wildman–Crippen LogP) is 2.64. The van der Waals surface area contributed by atoms with E-state index in [0.717, 1.165) is 22.8 Å². The summed E-state index contributed by atoms with van der Waals surface area (Å²) >= 11 is 0. The van der Waals surface area contributed by atoms with Gasteiger partial charge in [-0.05, 0) is 35.6 Å². The molecule has 0 fully saturated rings. The Bertz CT molecular complexity index is 1680. The van der Waals surface area contributed by atoms with Crippen LogP contribution in [0.5, 0.6) is 0 Å². The van der Waals surface area contributed by atoms with Crippen molar-refractivity contribution in [3.63, 3.8) is 0 Å². The maximum absolute atomic E-state index is 13.2. The Hall–Kier alpha value is -5.25. The quantitative estimate of drug-likeness (QED) is 0.220. The predicted molar refractivity (Wildman–Crippen MR) is 152 cm³/mol. The van der Waals surface area contributed by atoms with Crippen molar-refractivity contribution >= 4 is 23.5 Å². The third kappa shape index (κ3) is 6.85. The Kier molecular flexibility index (Phi) is 9.26. The highest BCUT2D eigenvalue weighted by Gasteiger charge is 2.25. The summed E-state index contributed by atoms with van der Waals surface area (Å²) in [4.78, 5) is 64.5. The van der Waals surface area contributed by atoms with Crippen molar-refractivity contribution in [2.75, 3.05) is 19.5 Å². The average Bonchev–Trinajstić information content (AvgIpc) is 3.00. The van der Waals surface area contributed by atoms with Gasteiger partial charge in [0.2, 0.25) is 5.78 Å². The Balaban J connectivity index is 1.59. The highest BCUT2D eigenvalue weighted by atomic mass is 16.5. The third-order valence-electron chi connectivity index (χ3n) is 6.54. The molecule has 4 rings (SSSR count). The first-order chi connectivity index (χ1) is 19.8. The number of Topliss-reactive ketones (excluding diaryl/α,β-unsaturated/α-hetero) is 1. The Morgan fingerprint density at radius 3 is 2.05 bits per heavy atom. The van der Waals surface area contributed by atoms with Gasteiger partial charge in [0.25, 0.3) is 5.56 Å². The fraction of sp³-hybridized carbons (Fsp3) is 0.194. The molecule has 0 amide bonds. The number of carbonyl (C=O) groups excluding carboxylic acids is 3. The molecule has 0 radical (unpaired) electrons. The van der Waals surface area contributed by atoms with Crippen LogP contribution in [0.15, 0.2) is 94.5 Å². The molecular formula is C31H29N3O7. The molecule has 210 valence electrons. The number of benzene rings is 3. The van der Waals surface area contributed by atoms with Gasteiger partial charge in [-0.2, -0.15) is 0 Å². The number of aromatic nitrogens is 2. The second-order valence-electron chi connectivity index (χ2n) is 9.22. The lowest BCUT2D eigenvalue weighted by atomic mass is 10.00. The molecule has 2 N–H and O–H groups in total. The zero-order valence-electron chi connectivity index (χ0n) is 22.4. The van der Waals surface area contributed by atoms with Gasteiger partial charge >= 0.3 is 17.6 Å². The minimum atomic E-state index is -1.08. The summed E-state index contributed by atoms with van der Waals surface area (Å²) in [6.45, 7) is -1.59. The van der Waals surface area contributed by atoms with E-state index in [4.69, 9.17) is 10.5 Å². The molecule has 1 aromatic heterocycles. The second kappa shape index (κ2) is 13.2. The smallest absolute Gasteiger partial charge is 0.338 e. The number of carbonyl (C=O) groups is 3. The van der Waals surface area contributed by atoms with Crippen molar-refractivity contribution in [3.8, 4) is 0 Å². The van der Waals surface area contributed by atoms with E-state index in [-0.39, 0.29) is 6.54 Å². The van der Waals surface area contributed by atoms with Crippen LogP contribution in [0.3, 0.4) is 0 Å². The molecule has 10 heteroatoms. The van der Waals surface area contributed by atoms with Gasteiger partial charge in [-0.15, -0.1) is 0 Å². The fourth-order valence-electron chi connectivity index (χ4n) is 4.37. The molecule has 0 spiro atoms. The number of nitrogens with zero attached hydrogens (tertiary/aromatic N) is 2. The van der Waals surface area contributed by atoms with E-state index in [0.29, 0.717) is 28.5 Å². The molecule has 0 aliphatic carbocycles. The van der Waals surface area contributed by atoms with Crippen LogP contribution in [0.2, 0.25) is 0 Å². The SMILES string of the molecule is COC(=O)Cn1c(=O)c(C(=O)COC(=O)c2ccccc2CCc2ccccc2)c(N)n(Cc2ccccc2)c1=O. The fourth-order valence-corrected chi connectivity index (χ4v) is 4.37. The van der Waals surface area contributed by atoms with Crippen LogP contribution in [0.1, 0.15) is 37.4 Å². The number of esters is 2. The topological polar surface area (TPSA) is 140 Å². The van der Waals surface area contributed by atoms with Crippen molar-refractivity contribution in [1.82, 2.24) is 9.13 Å². The van der Waals surface area contributed by atoms with E-state index < -0.39 is 53.5 Å². The third-order valence-corrected chi connectivity index (χ3v) is 6.54. The lowest BCUT2D eigenvalue weighted by molar-refractivity contribution is -0.141. The van der Waals surface area contributed by atoms with Crippen LogP contribution >= 0.6 is 0 Å². The zero-order chi connectivity index (χ0) is 29.4. The number of methoxy groups -OCH3 is 1. The summed E-state index contributed by atoms with van der Waals surface area (Å²) < 4.78 is 11.5. The van der Waals surface area contributed by atoms with E-state index in [1.807, 2.05) is 42.5 Å². The van der Waals surface area contributed by atoms with Crippen LogP contribution in [-0.4, -0.2) is 40.6 Å². The van der Waals surface area contributed by atoms with Crippen LogP contribution in [0.25, 0.3) is 0 Å². The summed E-state index contributed by atoms with van der Waals surface area (Å²) in [5, 5.41) is 0. The second-order valence-corrected chi connectivity index (χ2v) is 9.22. The van der Waals surface area contributed by atoms with Crippen molar-refractivity contribution in [2.45, 2.75) is 25.9 Å². The van der Waals surface area contributed by atoms with Crippen LogP contribution < -0.4 is 17.0 Å². The molecule has 4 aromatic rings. The van der Waals surface area contributed by atoms with Crippen LogP contribution in [-0.2, 0) is 40.2 Å². The Labute approximate surface area is 235 Å². The summed E-state index contributed by atoms with van der Waals surface area (Å²) in [6.07, 6.45) is 1.27. The van der Waals surface area contributed by atoms with Gasteiger partial charge in [0.1, 0.15) is 17.9 Å². The van der Waals surface area contributed by atoms with Crippen molar-refractivity contribution in [3.05, 3.63) is 134 Å². The van der Waals surface area contributed by atoms with E-state index in [2.05, 4.69) is 4.74 Å². The number of aryl methyl sites for hydroxylation is 2. The first-order valence-electron chi connectivity index (χ1n) is 12.9. The standard InChI is InChI=1S/C31H29N3O7/c1-40-26(36)19-34-29(37)27(28(32)33(31(34)39)18-22-12-6-3-7-13-22)25(35)20-41-30(38)24-15-9-8-14-23(24)17-16-21-10-4-2-5-11-21/h2-15H,16-20,32H2,1H3. The lowest BCUT2D eigenvalue weighted by Gasteiger charge is -2.16. The Morgan fingerprint density at radius 2 is 1.39 bits per heavy atom. The summed E-state index contributed by atoms with van der Waals surface area (Å²) in [5.74, 6) is -2.91. The van der Waals surface area contributed by atoms with E-state index in [1.165, 1.54) is 0 Å². The van der Waals surface area contributed by atoms with Gasteiger partial charge in [0, 0.05) is 0 Å². The number of ether oxygens (including phenoxy) is 2. The maximum atomic E-state index is 13.2. The van der Waals surface area contributed by atoms with Gasteiger partial charge in [0.05, 0.1) is 19.2 Å². The lowest BCUT2D eigenvalue weighted by Crippen LogP contribution is -2.46. The van der Waals surface area contributed by atoms with Crippen molar-refractivity contribution < 1.29 is 23.9 Å². The molecule has 0 saturated carbocycles. The molecule has 0 atom stereocenters. The van der Waals surface area contributed by atoms with Crippen molar-refractivity contribution in [1.29, 1.82) is 0 Å². The summed E-state index contributed by atoms with van der Waals surface area (Å²) in [5.41, 5.74) is 6.46. The number of nitrogens with two attached hydrogens (primary N) is 1. The molecule has 10 nitrogen and oxygen atoms in total.